The molecular weight excluding hydrogens is 319 g/mol. The van der Waals surface area contributed by atoms with Crippen molar-refractivity contribution >= 4 is 35.0 Å². The first-order valence-corrected chi connectivity index (χ1v) is 7.61. The Kier molecular flexibility index (Phi) is 5.59. The van der Waals surface area contributed by atoms with E-state index in [0.29, 0.717) is 5.69 Å². The minimum Gasteiger partial charge on any atom is -0.468 e. The highest BCUT2D eigenvalue weighted by Gasteiger charge is 2.18. The van der Waals surface area contributed by atoms with E-state index in [2.05, 4.69) is 9.72 Å². The van der Waals surface area contributed by atoms with Gasteiger partial charge in [-0.3, -0.25) is 14.5 Å². The average Bonchev–Trinajstić information content (AvgIpc) is 2.95. The first-order chi connectivity index (χ1) is 11.0. The Morgan fingerprint density at radius 2 is 2.22 bits per heavy atom. The number of nitrogens with zero attached hydrogens (tertiary/aromatic N) is 2. The number of methoxy groups -OCH3 is 1. The van der Waals surface area contributed by atoms with Gasteiger partial charge in [0.25, 0.3) is 5.91 Å². The summed E-state index contributed by atoms with van der Waals surface area (Å²) in [5.74, 6) is -1.56. The number of aryl methyl sites for hydroxylation is 1. The van der Waals surface area contributed by atoms with Gasteiger partial charge in [-0.25, -0.2) is 9.37 Å². The molecule has 23 heavy (non-hydrogen) atoms. The van der Waals surface area contributed by atoms with Gasteiger partial charge in [-0.05, 0) is 31.2 Å². The lowest BCUT2D eigenvalue weighted by atomic mass is 10.2. The summed E-state index contributed by atoms with van der Waals surface area (Å²) in [6.07, 6.45) is 2.84. The van der Waals surface area contributed by atoms with Gasteiger partial charge in [-0.1, -0.05) is 6.07 Å². The number of amides is 1. The molecule has 1 aromatic carbocycles. The minimum absolute atomic E-state index is 0.277. The molecule has 0 aliphatic carbocycles. The zero-order chi connectivity index (χ0) is 16.8. The smallest absolute Gasteiger partial charge is 0.325 e. The van der Waals surface area contributed by atoms with Crippen LogP contribution in [0.15, 0.2) is 35.7 Å². The van der Waals surface area contributed by atoms with E-state index in [1.165, 1.54) is 42.7 Å². The molecular formula is C16H15FN2O3S. The quantitative estimate of drug-likeness (QED) is 0.623. The molecule has 1 amide bonds. The largest absolute Gasteiger partial charge is 0.468 e. The van der Waals surface area contributed by atoms with E-state index in [4.69, 9.17) is 0 Å². The number of hydrogen-bond acceptors (Lipinski definition) is 5. The number of halogens is 1. The second-order valence-electron chi connectivity index (χ2n) is 4.61. The topological polar surface area (TPSA) is 59.5 Å². The fourth-order valence-corrected chi connectivity index (χ4v) is 2.42. The maximum atomic E-state index is 13.4. The van der Waals surface area contributed by atoms with E-state index < -0.39 is 17.7 Å². The van der Waals surface area contributed by atoms with Crippen LogP contribution in [0, 0.1) is 12.7 Å². The Labute approximate surface area is 137 Å². The molecule has 5 nitrogen and oxygen atoms in total. The van der Waals surface area contributed by atoms with E-state index in [0.717, 1.165) is 9.91 Å². The summed E-state index contributed by atoms with van der Waals surface area (Å²) in [7, 11) is 1.23. The van der Waals surface area contributed by atoms with Crippen LogP contribution in [0.25, 0.3) is 6.08 Å². The van der Waals surface area contributed by atoms with Gasteiger partial charge < -0.3 is 4.74 Å². The molecule has 7 heteroatoms. The third-order valence-corrected chi connectivity index (χ3v) is 3.73. The number of carbonyl (C=O) groups is 2. The normalized spacial score (nSPS) is 10.7. The zero-order valence-corrected chi connectivity index (χ0v) is 13.5. The van der Waals surface area contributed by atoms with Crippen LogP contribution in [0.3, 0.4) is 0 Å². The molecule has 0 saturated carbocycles. The van der Waals surface area contributed by atoms with Crippen LogP contribution >= 0.6 is 11.3 Å². The molecule has 1 aromatic heterocycles. The lowest BCUT2D eigenvalue weighted by Crippen LogP contribution is -2.35. The van der Waals surface area contributed by atoms with Gasteiger partial charge in [0, 0.05) is 17.1 Å². The maximum absolute atomic E-state index is 13.4. The van der Waals surface area contributed by atoms with Crippen molar-refractivity contribution < 1.29 is 18.7 Å². The number of carbonyl (C=O) groups excluding carboxylic acids is 2. The first-order valence-electron chi connectivity index (χ1n) is 6.73. The average molecular weight is 334 g/mol. The third kappa shape index (κ3) is 4.72. The van der Waals surface area contributed by atoms with Crippen molar-refractivity contribution in [3.63, 3.8) is 0 Å². The SMILES string of the molecule is COC(=O)CN(C(=O)C=Cc1csc(C)n1)c1cccc(F)c1. The van der Waals surface area contributed by atoms with Crippen molar-refractivity contribution in [3.8, 4) is 0 Å². The van der Waals surface area contributed by atoms with Gasteiger partial charge in [0.15, 0.2) is 0 Å². The molecule has 0 aliphatic heterocycles. The van der Waals surface area contributed by atoms with E-state index in [-0.39, 0.29) is 12.2 Å². The number of benzene rings is 1. The number of esters is 1. The van der Waals surface area contributed by atoms with Crippen molar-refractivity contribution in [1.29, 1.82) is 0 Å². The number of rotatable bonds is 5. The molecule has 0 bridgehead atoms. The molecule has 0 radical (unpaired) electrons. The molecule has 0 fully saturated rings. The fourth-order valence-electron chi connectivity index (χ4n) is 1.84. The summed E-state index contributed by atoms with van der Waals surface area (Å²) >= 11 is 1.47. The number of ether oxygens (including phenoxy) is 1. The second-order valence-corrected chi connectivity index (χ2v) is 5.67. The predicted octanol–water partition coefficient (Wildman–Crippen LogP) is 2.81. The summed E-state index contributed by atoms with van der Waals surface area (Å²) in [6, 6.07) is 5.46. The first kappa shape index (κ1) is 16.8. The molecule has 0 saturated heterocycles. The molecule has 2 rings (SSSR count). The summed E-state index contributed by atoms with van der Waals surface area (Å²) in [4.78, 5) is 29.2. The second kappa shape index (κ2) is 7.64. The van der Waals surface area contributed by atoms with Crippen LogP contribution < -0.4 is 4.90 Å². The van der Waals surface area contributed by atoms with Crippen LogP contribution in [-0.2, 0) is 14.3 Å². The summed E-state index contributed by atoms with van der Waals surface area (Å²) < 4.78 is 18.0. The Bertz CT molecular complexity index is 742. The number of thiazole rings is 1. The van der Waals surface area contributed by atoms with Gasteiger partial charge >= 0.3 is 5.97 Å². The van der Waals surface area contributed by atoms with Gasteiger partial charge in [-0.15, -0.1) is 11.3 Å². The lowest BCUT2D eigenvalue weighted by Gasteiger charge is -2.20. The monoisotopic (exact) mass is 334 g/mol. The summed E-state index contributed by atoms with van der Waals surface area (Å²) in [5.41, 5.74) is 0.928. The Morgan fingerprint density at radius 1 is 1.43 bits per heavy atom. The standard InChI is InChI=1S/C16H15FN2O3S/c1-11-18-13(10-23-11)6-7-15(20)19(9-16(21)22-2)14-5-3-4-12(17)8-14/h3-8,10H,9H2,1-2H3. The van der Waals surface area contributed by atoms with Crippen LogP contribution in [0.1, 0.15) is 10.7 Å². The highest BCUT2D eigenvalue weighted by molar-refractivity contribution is 7.09. The third-order valence-electron chi connectivity index (χ3n) is 2.93. The molecule has 0 N–H and O–H groups in total. The highest BCUT2D eigenvalue weighted by atomic mass is 32.1. The number of aromatic nitrogens is 1. The number of hydrogen-bond donors (Lipinski definition) is 0. The Morgan fingerprint density at radius 3 is 2.83 bits per heavy atom. The minimum atomic E-state index is -0.597. The van der Waals surface area contributed by atoms with E-state index in [1.807, 2.05) is 12.3 Å². The Hall–Kier alpha value is -2.54. The van der Waals surface area contributed by atoms with Crippen molar-refractivity contribution in [2.45, 2.75) is 6.92 Å². The molecule has 2 aromatic rings. The van der Waals surface area contributed by atoms with Crippen LogP contribution in [0.5, 0.6) is 0 Å². The van der Waals surface area contributed by atoms with Crippen LogP contribution in [0.2, 0.25) is 0 Å². The molecule has 0 unspecified atom stereocenters. The van der Waals surface area contributed by atoms with Gasteiger partial charge in [-0.2, -0.15) is 0 Å². The highest BCUT2D eigenvalue weighted by Crippen LogP contribution is 2.17. The van der Waals surface area contributed by atoms with Gasteiger partial charge in [0.2, 0.25) is 0 Å². The van der Waals surface area contributed by atoms with E-state index in [1.54, 1.807) is 12.1 Å². The molecule has 1 heterocycles. The fraction of sp³-hybridized carbons (Fsp3) is 0.188. The van der Waals surface area contributed by atoms with Crippen molar-refractivity contribution in [3.05, 3.63) is 52.2 Å². The summed E-state index contributed by atoms with van der Waals surface area (Å²) in [5, 5.41) is 2.69. The van der Waals surface area contributed by atoms with Crippen LogP contribution in [-0.4, -0.2) is 30.5 Å². The van der Waals surface area contributed by atoms with Gasteiger partial charge in [0.1, 0.15) is 12.4 Å². The molecule has 0 atom stereocenters. The lowest BCUT2D eigenvalue weighted by molar-refractivity contribution is -0.139. The van der Waals surface area contributed by atoms with E-state index in [9.17, 15) is 14.0 Å². The maximum Gasteiger partial charge on any atom is 0.325 e. The van der Waals surface area contributed by atoms with Crippen molar-refractivity contribution in [1.82, 2.24) is 4.98 Å². The summed E-state index contributed by atoms with van der Waals surface area (Å²) in [6.45, 7) is 1.55. The van der Waals surface area contributed by atoms with E-state index >= 15 is 0 Å². The van der Waals surface area contributed by atoms with Gasteiger partial charge in [0.05, 0.1) is 17.8 Å². The number of anilines is 1. The molecule has 120 valence electrons. The molecule has 0 aliphatic rings. The van der Waals surface area contributed by atoms with Crippen molar-refractivity contribution in [2.75, 3.05) is 18.6 Å². The van der Waals surface area contributed by atoms with Crippen LogP contribution in [0.4, 0.5) is 10.1 Å². The molecule has 0 spiro atoms. The predicted molar refractivity (Wildman–Crippen MR) is 86.7 cm³/mol. The van der Waals surface area contributed by atoms with Crippen molar-refractivity contribution in [2.24, 2.45) is 0 Å². The Balaban J connectivity index is 2.23. The zero-order valence-electron chi connectivity index (χ0n) is 12.7.